The van der Waals surface area contributed by atoms with Gasteiger partial charge in [0.25, 0.3) is 0 Å². The van der Waals surface area contributed by atoms with Crippen LogP contribution in [0.2, 0.25) is 0 Å². The van der Waals surface area contributed by atoms with Crippen molar-refractivity contribution < 1.29 is 9.68 Å². The van der Waals surface area contributed by atoms with Gasteiger partial charge in [-0.3, -0.25) is 4.98 Å². The molecule has 1 N–H and O–H groups in total. The molecule has 1 rings (SSSR count). The van der Waals surface area contributed by atoms with Crippen molar-refractivity contribution in [2.75, 3.05) is 21.1 Å². The average Bonchev–Trinajstić information content (AvgIpc) is 2.74. The molecule has 0 saturated heterocycles. The Labute approximate surface area is 119 Å². The lowest BCUT2D eigenvalue weighted by Gasteiger charge is -2.29. The van der Waals surface area contributed by atoms with Crippen molar-refractivity contribution in [1.29, 1.82) is 0 Å². The Morgan fingerprint density at radius 2 is 2.00 bits per heavy atom. The number of hydrogen-bond donors (Lipinski definition) is 1. The van der Waals surface area contributed by atoms with Gasteiger partial charge in [0.05, 0.1) is 6.20 Å². The largest absolute Gasteiger partial charge is 0.386 e. The van der Waals surface area contributed by atoms with Crippen molar-refractivity contribution >= 4 is 17.2 Å². The lowest BCUT2D eigenvalue weighted by Crippen LogP contribution is -2.38. The molecule has 0 aliphatic rings. The minimum Gasteiger partial charge on any atom is -0.386 e. The molecule has 0 amide bonds. The van der Waals surface area contributed by atoms with Gasteiger partial charge in [-0.15, -0.1) is 5.06 Å². The maximum atomic E-state index is 5.55. The highest BCUT2D eigenvalue weighted by Crippen LogP contribution is 2.24. The number of hydroxylamine groups is 4. The van der Waals surface area contributed by atoms with Gasteiger partial charge in [0.1, 0.15) is 4.99 Å². The third-order valence-electron chi connectivity index (χ3n) is 2.78. The van der Waals surface area contributed by atoms with Crippen molar-refractivity contribution in [2.45, 2.75) is 27.2 Å². The molecule has 0 unspecified atom stereocenters. The zero-order valence-electron chi connectivity index (χ0n) is 12.4. The topological polar surface area (TPSA) is 53.6 Å². The molecule has 7 heteroatoms. The number of imidazole rings is 1. The maximum Gasteiger partial charge on any atom is 0.323 e. The number of rotatable bonds is 6. The van der Waals surface area contributed by atoms with E-state index >= 15 is 0 Å². The molecule has 0 fully saturated rings. The molecule has 1 heterocycles. The Morgan fingerprint density at radius 1 is 1.37 bits per heavy atom. The summed E-state index contributed by atoms with van der Waals surface area (Å²) in [4.78, 5) is 18.6. The first-order valence-corrected chi connectivity index (χ1v) is 6.53. The second-order valence-corrected chi connectivity index (χ2v) is 5.47. The lowest BCUT2D eigenvalue weighted by atomic mass is 9.90. The summed E-state index contributed by atoms with van der Waals surface area (Å²) in [5.74, 6) is 0.508. The van der Waals surface area contributed by atoms with Crippen LogP contribution < -0.4 is 9.68 Å². The summed E-state index contributed by atoms with van der Waals surface area (Å²) in [6.07, 6.45) is 2.49. The fraction of sp³-hybridized carbons (Fsp3) is 0.667. The first-order chi connectivity index (χ1) is 8.76. The lowest BCUT2D eigenvalue weighted by molar-refractivity contribution is -0.0102. The van der Waals surface area contributed by atoms with Crippen LogP contribution in [0.25, 0.3) is 0 Å². The number of H-pyrrole nitrogens is 1. The quantitative estimate of drug-likeness (QED) is 0.639. The van der Waals surface area contributed by atoms with E-state index in [0.29, 0.717) is 11.9 Å². The van der Waals surface area contributed by atoms with Crippen LogP contribution in [-0.2, 0) is 0 Å². The second-order valence-electron chi connectivity index (χ2n) is 5.09. The van der Waals surface area contributed by atoms with Gasteiger partial charge in [-0.25, -0.2) is 5.06 Å². The summed E-state index contributed by atoms with van der Waals surface area (Å²) in [5, 5.41) is 3.11. The molecule has 0 aromatic carbocycles. The van der Waals surface area contributed by atoms with E-state index in [1.54, 1.807) is 37.5 Å². The summed E-state index contributed by atoms with van der Waals surface area (Å²) in [5.41, 5.74) is -0.0976. The van der Waals surface area contributed by atoms with E-state index < -0.39 is 0 Å². The van der Waals surface area contributed by atoms with Crippen molar-refractivity contribution in [3.63, 3.8) is 0 Å². The van der Waals surface area contributed by atoms with Crippen LogP contribution >= 0.6 is 12.2 Å². The average molecular weight is 286 g/mol. The number of aromatic amines is 1. The summed E-state index contributed by atoms with van der Waals surface area (Å²) in [7, 11) is 5.34. The zero-order valence-corrected chi connectivity index (χ0v) is 13.2. The molecule has 108 valence electrons. The number of nitrogens with one attached hydrogen (secondary N) is 1. The Bertz CT molecular complexity index is 431. The Hall–Kier alpha value is -1.34. The highest BCUT2D eigenvalue weighted by atomic mass is 32.1. The van der Waals surface area contributed by atoms with Gasteiger partial charge in [-0.2, -0.15) is 4.98 Å². The van der Waals surface area contributed by atoms with Crippen LogP contribution in [-0.4, -0.2) is 46.2 Å². The SMILES string of the molecule is CCC(C)(C)C(=S)N(C)Oc1ncc(ON(C)C)[nH]1. The van der Waals surface area contributed by atoms with Crippen molar-refractivity contribution in [3.8, 4) is 11.9 Å². The van der Waals surface area contributed by atoms with Crippen LogP contribution in [0.15, 0.2) is 6.20 Å². The monoisotopic (exact) mass is 286 g/mol. The van der Waals surface area contributed by atoms with Gasteiger partial charge >= 0.3 is 6.01 Å². The molecule has 19 heavy (non-hydrogen) atoms. The third-order valence-corrected chi connectivity index (χ3v) is 3.59. The normalized spacial score (nSPS) is 11.5. The zero-order chi connectivity index (χ0) is 14.6. The van der Waals surface area contributed by atoms with Gasteiger partial charge in [-0.1, -0.05) is 33.0 Å². The molecular weight excluding hydrogens is 264 g/mol. The fourth-order valence-corrected chi connectivity index (χ4v) is 1.51. The van der Waals surface area contributed by atoms with Crippen molar-refractivity contribution in [2.24, 2.45) is 5.41 Å². The van der Waals surface area contributed by atoms with Crippen LogP contribution in [0.4, 0.5) is 0 Å². The Balaban J connectivity index is 2.64. The van der Waals surface area contributed by atoms with Crippen LogP contribution in [0.1, 0.15) is 27.2 Å². The number of aromatic nitrogens is 2. The van der Waals surface area contributed by atoms with Crippen LogP contribution in [0.5, 0.6) is 11.9 Å². The van der Waals surface area contributed by atoms with Gasteiger partial charge in [0.2, 0.25) is 5.88 Å². The van der Waals surface area contributed by atoms with Crippen molar-refractivity contribution in [3.05, 3.63) is 6.20 Å². The van der Waals surface area contributed by atoms with Crippen LogP contribution in [0, 0.1) is 5.41 Å². The predicted octanol–water partition coefficient (Wildman–Crippen LogP) is 2.25. The summed E-state index contributed by atoms with van der Waals surface area (Å²) < 4.78 is 0. The van der Waals surface area contributed by atoms with E-state index in [2.05, 4.69) is 30.7 Å². The molecular formula is C12H22N4O2S. The Kier molecular flexibility index (Phi) is 5.13. The first kappa shape index (κ1) is 15.7. The highest BCUT2D eigenvalue weighted by Gasteiger charge is 2.26. The van der Waals surface area contributed by atoms with Gasteiger partial charge in [0.15, 0.2) is 0 Å². The minimum atomic E-state index is -0.0976. The van der Waals surface area contributed by atoms with E-state index in [0.717, 1.165) is 11.4 Å². The van der Waals surface area contributed by atoms with Crippen LogP contribution in [0.3, 0.4) is 0 Å². The number of hydrogen-bond acceptors (Lipinski definition) is 5. The van der Waals surface area contributed by atoms with E-state index in [1.807, 2.05) is 0 Å². The van der Waals surface area contributed by atoms with E-state index in [1.165, 1.54) is 0 Å². The molecule has 0 spiro atoms. The van der Waals surface area contributed by atoms with Gasteiger partial charge < -0.3 is 9.68 Å². The predicted molar refractivity (Wildman–Crippen MR) is 78.0 cm³/mol. The second kappa shape index (κ2) is 6.21. The first-order valence-electron chi connectivity index (χ1n) is 6.12. The molecule has 0 aliphatic carbocycles. The summed E-state index contributed by atoms with van der Waals surface area (Å²) >= 11 is 5.41. The summed E-state index contributed by atoms with van der Waals surface area (Å²) in [6.45, 7) is 6.26. The molecule has 6 nitrogen and oxygen atoms in total. The van der Waals surface area contributed by atoms with Crippen molar-refractivity contribution in [1.82, 2.24) is 20.1 Å². The highest BCUT2D eigenvalue weighted by molar-refractivity contribution is 7.80. The standard InChI is InChI=1S/C12H22N4O2S/c1-7-12(2,3)10(19)16(6)18-11-13-8-9(14-11)17-15(4)5/h8H,7H2,1-6H3,(H,13,14). The fourth-order valence-electron chi connectivity index (χ4n) is 1.33. The minimum absolute atomic E-state index is 0.0976. The molecule has 0 atom stereocenters. The molecule has 1 aromatic heterocycles. The Morgan fingerprint density at radius 3 is 2.53 bits per heavy atom. The molecule has 0 bridgehead atoms. The summed E-state index contributed by atoms with van der Waals surface area (Å²) in [6, 6.07) is 0.341. The maximum absolute atomic E-state index is 5.55. The molecule has 0 aliphatic heterocycles. The smallest absolute Gasteiger partial charge is 0.323 e. The molecule has 0 saturated carbocycles. The van der Waals surface area contributed by atoms with Gasteiger partial charge in [0, 0.05) is 26.6 Å². The van der Waals surface area contributed by atoms with E-state index in [-0.39, 0.29) is 5.41 Å². The third kappa shape index (κ3) is 4.36. The van der Waals surface area contributed by atoms with Gasteiger partial charge in [-0.05, 0) is 6.42 Å². The van der Waals surface area contributed by atoms with E-state index in [4.69, 9.17) is 21.9 Å². The van der Waals surface area contributed by atoms with E-state index in [9.17, 15) is 0 Å². The number of thiocarbonyl (C=S) groups is 1. The number of nitrogens with zero attached hydrogens (tertiary/aromatic N) is 3. The molecule has 1 aromatic rings. The molecule has 0 radical (unpaired) electrons.